The van der Waals surface area contributed by atoms with Gasteiger partial charge >= 0.3 is 0 Å². The van der Waals surface area contributed by atoms with E-state index in [4.69, 9.17) is 14.2 Å². The van der Waals surface area contributed by atoms with E-state index in [0.717, 1.165) is 47.9 Å². The molecule has 1 aromatic heterocycles. The number of ether oxygens (including phenoxy) is 3. The summed E-state index contributed by atoms with van der Waals surface area (Å²) in [5.41, 5.74) is 1.76. The van der Waals surface area contributed by atoms with Gasteiger partial charge in [-0.05, 0) is 30.5 Å². The van der Waals surface area contributed by atoms with Crippen LogP contribution < -0.4 is 19.8 Å². The highest BCUT2D eigenvalue weighted by Crippen LogP contribution is 2.35. The summed E-state index contributed by atoms with van der Waals surface area (Å²) in [4.78, 5) is 13.3. The monoisotopic (exact) mass is 437 g/mol. The molecule has 0 aliphatic carbocycles. The number of pyridine rings is 1. The molecule has 0 fully saturated rings. The van der Waals surface area contributed by atoms with Crippen molar-refractivity contribution in [2.45, 2.75) is 65.5 Å². The van der Waals surface area contributed by atoms with Crippen LogP contribution in [0, 0.1) is 0 Å². The Morgan fingerprint density at radius 2 is 1.62 bits per heavy atom. The molecule has 1 heterocycles. The van der Waals surface area contributed by atoms with Gasteiger partial charge in [-0.2, -0.15) is 0 Å². The maximum atomic E-state index is 13.3. The Morgan fingerprint density at radius 3 is 2.34 bits per heavy atom. The highest BCUT2D eigenvalue weighted by molar-refractivity contribution is 5.89. The van der Waals surface area contributed by atoms with Crippen molar-refractivity contribution in [3.05, 3.63) is 64.4 Å². The molecule has 0 aliphatic heterocycles. The molecule has 0 amide bonds. The van der Waals surface area contributed by atoms with Gasteiger partial charge < -0.3 is 18.8 Å². The van der Waals surface area contributed by atoms with Crippen LogP contribution in [0.2, 0.25) is 0 Å². The Hall–Kier alpha value is -2.95. The highest BCUT2D eigenvalue weighted by atomic mass is 16.5. The molecule has 0 unspecified atom stereocenters. The maximum Gasteiger partial charge on any atom is 0.297 e. The first-order chi connectivity index (χ1) is 15.7. The molecule has 0 radical (unpaired) electrons. The molecule has 5 heteroatoms. The van der Waals surface area contributed by atoms with Crippen LogP contribution in [0.25, 0.3) is 10.9 Å². The van der Waals surface area contributed by atoms with Crippen molar-refractivity contribution in [3.8, 4) is 17.2 Å². The van der Waals surface area contributed by atoms with Gasteiger partial charge in [0.05, 0.1) is 19.2 Å². The van der Waals surface area contributed by atoms with E-state index in [1.807, 2.05) is 48.5 Å². The van der Waals surface area contributed by atoms with Crippen LogP contribution in [-0.2, 0) is 13.2 Å². The fourth-order valence-electron chi connectivity index (χ4n) is 3.77. The van der Waals surface area contributed by atoms with Crippen molar-refractivity contribution in [2.24, 2.45) is 0 Å². The van der Waals surface area contributed by atoms with Gasteiger partial charge in [0, 0.05) is 18.0 Å². The lowest BCUT2D eigenvalue weighted by Gasteiger charge is -2.18. The fraction of sp³-hybridized carbons (Fsp3) is 0.444. The molecule has 5 nitrogen and oxygen atoms in total. The minimum absolute atomic E-state index is 0.155. The van der Waals surface area contributed by atoms with Gasteiger partial charge in [-0.1, -0.05) is 69.9 Å². The Bertz CT molecular complexity index is 1040. The average molecular weight is 438 g/mol. The molecule has 0 atom stereocenters. The summed E-state index contributed by atoms with van der Waals surface area (Å²) in [5, 5.41) is 0.875. The van der Waals surface area contributed by atoms with E-state index in [1.54, 1.807) is 4.57 Å². The lowest BCUT2D eigenvalue weighted by Crippen LogP contribution is -2.23. The van der Waals surface area contributed by atoms with Crippen LogP contribution in [0.1, 0.15) is 57.9 Å². The van der Waals surface area contributed by atoms with Crippen molar-refractivity contribution < 1.29 is 14.2 Å². The molecule has 172 valence electrons. The zero-order valence-electron chi connectivity index (χ0n) is 19.6. The number of methoxy groups -OCH3 is 1. The lowest BCUT2D eigenvalue weighted by atomic mass is 10.1. The predicted molar refractivity (Wildman–Crippen MR) is 130 cm³/mol. The molecule has 3 aromatic rings. The molecule has 2 aromatic carbocycles. The summed E-state index contributed by atoms with van der Waals surface area (Å²) in [6, 6.07) is 15.9. The van der Waals surface area contributed by atoms with Gasteiger partial charge in [0.25, 0.3) is 5.56 Å². The second-order valence-corrected chi connectivity index (χ2v) is 8.04. The first-order valence-electron chi connectivity index (χ1n) is 11.7. The topological polar surface area (TPSA) is 49.7 Å². The standard InChI is InChI=1S/C27H35NO4/c1-4-6-8-12-18-31-25-23-16-15-22(32-20-21-13-10-9-11-14-21)19-24(23)28(17-7-5-2)27(29)26(25)30-3/h9-11,13-16,19H,4-8,12,17-18,20H2,1-3H3. The summed E-state index contributed by atoms with van der Waals surface area (Å²) in [6.45, 7) is 5.97. The highest BCUT2D eigenvalue weighted by Gasteiger charge is 2.19. The number of fused-ring (bicyclic) bond motifs is 1. The maximum absolute atomic E-state index is 13.3. The molecule has 0 bridgehead atoms. The first-order valence-corrected chi connectivity index (χ1v) is 11.7. The van der Waals surface area contributed by atoms with E-state index in [2.05, 4.69) is 13.8 Å². The predicted octanol–water partition coefficient (Wildman–Crippen LogP) is 6.35. The summed E-state index contributed by atoms with van der Waals surface area (Å²) >= 11 is 0. The van der Waals surface area contributed by atoms with E-state index >= 15 is 0 Å². The SMILES string of the molecule is CCCCCCOc1c(OC)c(=O)n(CCCC)c2cc(OCc3ccccc3)ccc12. The average Bonchev–Trinajstić information content (AvgIpc) is 2.82. The van der Waals surface area contributed by atoms with E-state index in [-0.39, 0.29) is 11.3 Å². The smallest absolute Gasteiger partial charge is 0.297 e. The Balaban J connectivity index is 1.96. The molecule has 3 rings (SSSR count). The molecule has 32 heavy (non-hydrogen) atoms. The quantitative estimate of drug-likeness (QED) is 0.292. The second kappa shape index (κ2) is 12.2. The van der Waals surface area contributed by atoms with Gasteiger partial charge in [0.1, 0.15) is 12.4 Å². The third kappa shape index (κ3) is 5.84. The van der Waals surface area contributed by atoms with Crippen molar-refractivity contribution in [1.82, 2.24) is 4.57 Å². The number of aryl methyl sites for hydroxylation is 1. The number of unbranched alkanes of at least 4 members (excludes halogenated alkanes) is 4. The van der Waals surface area contributed by atoms with Crippen LogP contribution in [0.4, 0.5) is 0 Å². The third-order valence-corrected chi connectivity index (χ3v) is 5.58. The number of aromatic nitrogens is 1. The minimum Gasteiger partial charge on any atom is -0.489 e. The minimum atomic E-state index is -0.155. The lowest BCUT2D eigenvalue weighted by molar-refractivity contribution is 0.285. The number of benzene rings is 2. The summed E-state index contributed by atoms with van der Waals surface area (Å²) < 4.78 is 19.5. The molecule has 0 spiro atoms. The van der Waals surface area contributed by atoms with E-state index in [1.165, 1.54) is 20.0 Å². The summed E-state index contributed by atoms with van der Waals surface area (Å²) in [7, 11) is 1.54. The first kappa shape index (κ1) is 23.7. The van der Waals surface area contributed by atoms with E-state index in [0.29, 0.717) is 25.5 Å². The van der Waals surface area contributed by atoms with E-state index < -0.39 is 0 Å². The largest absolute Gasteiger partial charge is 0.489 e. The summed E-state index contributed by atoms with van der Waals surface area (Å²) in [5.74, 6) is 1.54. The van der Waals surface area contributed by atoms with Gasteiger partial charge in [-0.15, -0.1) is 0 Å². The number of rotatable bonds is 13. The molecule has 0 aliphatic rings. The van der Waals surface area contributed by atoms with Crippen molar-refractivity contribution in [1.29, 1.82) is 0 Å². The van der Waals surface area contributed by atoms with E-state index in [9.17, 15) is 4.79 Å². The fourth-order valence-corrected chi connectivity index (χ4v) is 3.77. The van der Waals surface area contributed by atoms with Crippen LogP contribution in [0.3, 0.4) is 0 Å². The number of nitrogens with zero attached hydrogens (tertiary/aromatic N) is 1. The zero-order chi connectivity index (χ0) is 22.8. The van der Waals surface area contributed by atoms with Gasteiger partial charge in [0.15, 0.2) is 5.75 Å². The normalized spacial score (nSPS) is 11.0. The number of hydrogen-bond acceptors (Lipinski definition) is 4. The van der Waals surface area contributed by atoms with Crippen molar-refractivity contribution >= 4 is 10.9 Å². The van der Waals surface area contributed by atoms with Crippen molar-refractivity contribution in [2.75, 3.05) is 13.7 Å². The Labute approximate surface area is 190 Å². The Morgan fingerprint density at radius 1 is 0.844 bits per heavy atom. The van der Waals surface area contributed by atoms with Crippen LogP contribution >= 0.6 is 0 Å². The van der Waals surface area contributed by atoms with Crippen LogP contribution in [0.5, 0.6) is 17.2 Å². The van der Waals surface area contributed by atoms with Gasteiger partial charge in [0.2, 0.25) is 5.75 Å². The molecular weight excluding hydrogens is 402 g/mol. The van der Waals surface area contributed by atoms with Crippen molar-refractivity contribution in [3.63, 3.8) is 0 Å². The second-order valence-electron chi connectivity index (χ2n) is 8.04. The molecule has 0 saturated heterocycles. The molecule has 0 saturated carbocycles. The van der Waals surface area contributed by atoms with Gasteiger partial charge in [-0.3, -0.25) is 4.79 Å². The zero-order valence-corrected chi connectivity index (χ0v) is 19.6. The van der Waals surface area contributed by atoms with Crippen LogP contribution in [-0.4, -0.2) is 18.3 Å². The van der Waals surface area contributed by atoms with Gasteiger partial charge in [-0.25, -0.2) is 0 Å². The number of hydrogen-bond donors (Lipinski definition) is 0. The summed E-state index contributed by atoms with van der Waals surface area (Å²) in [6.07, 6.45) is 6.32. The molecular formula is C27H35NO4. The molecule has 0 N–H and O–H groups in total. The third-order valence-electron chi connectivity index (χ3n) is 5.58. The Kier molecular flexibility index (Phi) is 9.02. The van der Waals surface area contributed by atoms with Crippen LogP contribution in [0.15, 0.2) is 53.3 Å².